The highest BCUT2D eigenvalue weighted by atomic mass is 32.2. The van der Waals surface area contributed by atoms with E-state index < -0.39 is 26.1 Å². The molecule has 1 aliphatic heterocycles. The number of nitrogens with zero attached hydrogens (tertiary/aromatic N) is 5. The zero-order valence-corrected chi connectivity index (χ0v) is 18.3. The standard InChI is InChI=1S/C19H23N5O4S2/c1-15-3-7-18(8-4-15)29(25,26)23-11-12-24(14-17(13-23)21-22-20)30(27,28)19-9-5-16(2)6-10-19/h3-10,17H,11-14H2,1-2H3. The van der Waals surface area contributed by atoms with Gasteiger partial charge in [0, 0.05) is 31.1 Å². The predicted octanol–water partition coefficient (Wildman–Crippen LogP) is 2.68. The molecule has 2 aromatic carbocycles. The Balaban J connectivity index is 1.93. The molecule has 0 aromatic heterocycles. The van der Waals surface area contributed by atoms with Crippen molar-refractivity contribution in [1.29, 1.82) is 0 Å². The fourth-order valence-electron chi connectivity index (χ4n) is 3.23. The molecule has 0 spiro atoms. The zero-order valence-electron chi connectivity index (χ0n) is 16.7. The zero-order chi connectivity index (χ0) is 21.9. The van der Waals surface area contributed by atoms with Gasteiger partial charge in [-0.2, -0.15) is 8.61 Å². The molecular weight excluding hydrogens is 426 g/mol. The van der Waals surface area contributed by atoms with Crippen LogP contribution < -0.4 is 0 Å². The molecule has 0 atom stereocenters. The molecule has 0 bridgehead atoms. The maximum Gasteiger partial charge on any atom is 0.243 e. The van der Waals surface area contributed by atoms with Crippen molar-refractivity contribution in [3.8, 4) is 0 Å². The molecule has 0 N–H and O–H groups in total. The Hall–Kier alpha value is -2.43. The summed E-state index contributed by atoms with van der Waals surface area (Å²) in [4.78, 5) is 3.01. The van der Waals surface area contributed by atoms with Crippen molar-refractivity contribution in [2.75, 3.05) is 26.2 Å². The van der Waals surface area contributed by atoms with Crippen LogP contribution in [0.2, 0.25) is 0 Å². The van der Waals surface area contributed by atoms with Gasteiger partial charge in [-0.3, -0.25) is 0 Å². The van der Waals surface area contributed by atoms with Gasteiger partial charge in [-0.05, 0) is 43.6 Å². The van der Waals surface area contributed by atoms with Gasteiger partial charge in [0.1, 0.15) is 0 Å². The number of hydrogen-bond donors (Lipinski definition) is 0. The van der Waals surface area contributed by atoms with Crippen molar-refractivity contribution < 1.29 is 16.8 Å². The molecule has 0 saturated carbocycles. The summed E-state index contributed by atoms with van der Waals surface area (Å²) in [7, 11) is -7.73. The Morgan fingerprint density at radius 2 is 1.17 bits per heavy atom. The summed E-state index contributed by atoms with van der Waals surface area (Å²) in [6, 6.07) is 12.0. The Bertz CT molecular complexity index is 1070. The van der Waals surface area contributed by atoms with Gasteiger partial charge in [0.25, 0.3) is 0 Å². The highest BCUT2D eigenvalue weighted by Gasteiger charge is 2.35. The summed E-state index contributed by atoms with van der Waals surface area (Å²) in [6.45, 7) is 3.43. The van der Waals surface area contributed by atoms with E-state index in [9.17, 15) is 16.8 Å². The summed E-state index contributed by atoms with van der Waals surface area (Å²) in [5, 5.41) is 3.66. The number of sulfonamides is 2. The monoisotopic (exact) mass is 449 g/mol. The molecule has 1 fully saturated rings. The van der Waals surface area contributed by atoms with Gasteiger partial charge < -0.3 is 0 Å². The van der Waals surface area contributed by atoms with Gasteiger partial charge in [-0.25, -0.2) is 16.8 Å². The fraction of sp³-hybridized carbons (Fsp3) is 0.368. The third-order valence-electron chi connectivity index (χ3n) is 4.96. The van der Waals surface area contributed by atoms with Gasteiger partial charge in [0.2, 0.25) is 20.0 Å². The highest BCUT2D eigenvalue weighted by Crippen LogP contribution is 2.23. The Morgan fingerprint density at radius 1 is 0.800 bits per heavy atom. The van der Waals surface area contributed by atoms with Crippen molar-refractivity contribution >= 4 is 20.0 Å². The van der Waals surface area contributed by atoms with E-state index in [0.717, 1.165) is 11.1 Å². The molecule has 2 aromatic rings. The molecule has 3 rings (SSSR count). The maximum absolute atomic E-state index is 13.1. The second-order valence-electron chi connectivity index (χ2n) is 7.21. The number of hydrogen-bond acceptors (Lipinski definition) is 5. The fourth-order valence-corrected chi connectivity index (χ4v) is 6.17. The lowest BCUT2D eigenvalue weighted by atomic mass is 10.2. The molecule has 0 radical (unpaired) electrons. The largest absolute Gasteiger partial charge is 0.243 e. The number of aryl methyl sites for hydroxylation is 2. The summed E-state index contributed by atoms with van der Waals surface area (Å²) in [5.41, 5.74) is 10.8. The van der Waals surface area contributed by atoms with E-state index in [1.165, 1.54) is 32.9 Å². The normalized spacial score (nSPS) is 17.3. The van der Waals surface area contributed by atoms with Gasteiger partial charge >= 0.3 is 0 Å². The molecule has 9 nitrogen and oxygen atoms in total. The van der Waals surface area contributed by atoms with E-state index in [0.29, 0.717) is 0 Å². The van der Waals surface area contributed by atoms with E-state index in [4.69, 9.17) is 5.53 Å². The molecular formula is C19H23N5O4S2. The lowest BCUT2D eigenvalue weighted by Crippen LogP contribution is -2.37. The second-order valence-corrected chi connectivity index (χ2v) is 11.1. The summed E-state index contributed by atoms with van der Waals surface area (Å²) in [5.74, 6) is 0. The first-order valence-electron chi connectivity index (χ1n) is 9.32. The Kier molecular flexibility index (Phi) is 6.49. The molecule has 1 aliphatic rings. The minimum absolute atomic E-state index is 0.0429. The summed E-state index contributed by atoms with van der Waals surface area (Å²) in [6.07, 6.45) is 0. The molecule has 0 aliphatic carbocycles. The third-order valence-corrected chi connectivity index (χ3v) is 8.72. The maximum atomic E-state index is 13.1. The van der Waals surface area contributed by atoms with Crippen molar-refractivity contribution in [2.24, 2.45) is 5.11 Å². The van der Waals surface area contributed by atoms with E-state index in [1.807, 2.05) is 13.8 Å². The number of azide groups is 1. The quantitative estimate of drug-likeness (QED) is 0.395. The van der Waals surface area contributed by atoms with Crippen LogP contribution in [0.25, 0.3) is 10.4 Å². The SMILES string of the molecule is Cc1ccc(S(=O)(=O)N2CCN(S(=O)(=O)c3ccc(C)cc3)CC(N=[N+]=[N-])C2)cc1. The van der Waals surface area contributed by atoms with Crippen molar-refractivity contribution in [2.45, 2.75) is 29.7 Å². The third kappa shape index (κ3) is 4.66. The van der Waals surface area contributed by atoms with E-state index in [1.54, 1.807) is 24.3 Å². The minimum Gasteiger partial charge on any atom is -0.207 e. The molecule has 0 unspecified atom stereocenters. The van der Waals surface area contributed by atoms with Gasteiger partial charge in [-0.1, -0.05) is 40.5 Å². The van der Waals surface area contributed by atoms with E-state index in [2.05, 4.69) is 10.0 Å². The van der Waals surface area contributed by atoms with E-state index >= 15 is 0 Å². The van der Waals surface area contributed by atoms with Crippen LogP contribution in [-0.4, -0.2) is 57.7 Å². The molecule has 1 heterocycles. The van der Waals surface area contributed by atoms with Crippen molar-refractivity contribution in [3.05, 3.63) is 70.1 Å². The number of benzene rings is 2. The molecule has 30 heavy (non-hydrogen) atoms. The van der Waals surface area contributed by atoms with E-state index in [-0.39, 0.29) is 36.0 Å². The smallest absolute Gasteiger partial charge is 0.207 e. The Morgan fingerprint density at radius 3 is 1.50 bits per heavy atom. The van der Waals surface area contributed by atoms with Crippen LogP contribution in [0, 0.1) is 13.8 Å². The average Bonchev–Trinajstić information content (AvgIpc) is 2.93. The van der Waals surface area contributed by atoms with Crippen LogP contribution in [-0.2, 0) is 20.0 Å². The van der Waals surface area contributed by atoms with Crippen LogP contribution in [0.3, 0.4) is 0 Å². The lowest BCUT2D eigenvalue weighted by Gasteiger charge is -2.21. The van der Waals surface area contributed by atoms with Gasteiger partial charge in [0.05, 0.1) is 15.8 Å². The lowest BCUT2D eigenvalue weighted by molar-refractivity contribution is 0.404. The first kappa shape index (κ1) is 22.3. The first-order valence-corrected chi connectivity index (χ1v) is 12.2. The minimum atomic E-state index is -3.86. The number of rotatable bonds is 5. The van der Waals surface area contributed by atoms with Crippen molar-refractivity contribution in [1.82, 2.24) is 8.61 Å². The van der Waals surface area contributed by atoms with Crippen LogP contribution in [0.1, 0.15) is 11.1 Å². The second kappa shape index (κ2) is 8.75. The predicted molar refractivity (Wildman–Crippen MR) is 113 cm³/mol. The molecule has 0 amide bonds. The van der Waals surface area contributed by atoms with Crippen LogP contribution in [0.5, 0.6) is 0 Å². The summed E-state index contributed by atoms with van der Waals surface area (Å²) < 4.78 is 54.7. The average molecular weight is 450 g/mol. The highest BCUT2D eigenvalue weighted by molar-refractivity contribution is 7.89. The molecule has 11 heteroatoms. The topological polar surface area (TPSA) is 124 Å². The van der Waals surface area contributed by atoms with Crippen molar-refractivity contribution in [3.63, 3.8) is 0 Å². The van der Waals surface area contributed by atoms with Crippen LogP contribution in [0.4, 0.5) is 0 Å². The Labute approximate surface area is 176 Å². The van der Waals surface area contributed by atoms with Gasteiger partial charge in [0.15, 0.2) is 0 Å². The van der Waals surface area contributed by atoms with Crippen LogP contribution in [0.15, 0.2) is 63.4 Å². The molecule has 160 valence electrons. The molecule has 1 saturated heterocycles. The first-order chi connectivity index (χ1) is 14.1. The van der Waals surface area contributed by atoms with Gasteiger partial charge in [-0.15, -0.1) is 0 Å². The summed E-state index contributed by atoms with van der Waals surface area (Å²) >= 11 is 0. The van der Waals surface area contributed by atoms with Crippen LogP contribution >= 0.6 is 0 Å².